The maximum absolute atomic E-state index is 9.30. The van der Waals surface area contributed by atoms with Crippen molar-refractivity contribution >= 4 is 0 Å². The van der Waals surface area contributed by atoms with Crippen molar-refractivity contribution in [3.05, 3.63) is 30.1 Å². The van der Waals surface area contributed by atoms with Crippen molar-refractivity contribution in [3.8, 4) is 17.2 Å². The molecular weight excluding hydrogens is 208 g/mol. The number of phenols is 1. The number of aromatic nitrogens is 2. The summed E-state index contributed by atoms with van der Waals surface area (Å²) in [6.07, 6.45) is -0.155. The third-order valence-corrected chi connectivity index (χ3v) is 2.04. The molecule has 2 rings (SSSR count). The van der Waals surface area contributed by atoms with Gasteiger partial charge in [-0.2, -0.15) is 4.98 Å². The predicted octanol–water partition coefficient (Wildman–Crippen LogP) is 1.37. The lowest BCUT2D eigenvalue weighted by molar-refractivity contribution is 0.191. The van der Waals surface area contributed by atoms with E-state index >= 15 is 0 Å². The van der Waals surface area contributed by atoms with Crippen LogP contribution in [0.5, 0.6) is 5.75 Å². The van der Waals surface area contributed by atoms with Gasteiger partial charge in [0.2, 0.25) is 0 Å². The smallest absolute Gasteiger partial charge is 0.258 e. The number of phenolic OH excluding ortho intramolecular Hbond substituents is 1. The topological polar surface area (TPSA) is 79.4 Å². The molecule has 84 valence electrons. The van der Waals surface area contributed by atoms with Gasteiger partial charge in [-0.1, -0.05) is 11.2 Å². The van der Waals surface area contributed by atoms with Gasteiger partial charge in [0.15, 0.2) is 5.82 Å². The van der Waals surface area contributed by atoms with E-state index in [4.69, 9.17) is 9.63 Å². The molecule has 16 heavy (non-hydrogen) atoms. The summed E-state index contributed by atoms with van der Waals surface area (Å²) in [5, 5.41) is 22.2. The van der Waals surface area contributed by atoms with Gasteiger partial charge in [-0.3, -0.25) is 0 Å². The van der Waals surface area contributed by atoms with Crippen LogP contribution in [0, 0.1) is 0 Å². The van der Waals surface area contributed by atoms with Crippen LogP contribution in [-0.4, -0.2) is 26.5 Å². The van der Waals surface area contributed by atoms with Crippen LogP contribution in [0.4, 0.5) is 0 Å². The molecular formula is C11H12N2O3. The molecule has 0 saturated carbocycles. The molecule has 0 saturated heterocycles. The first-order valence-electron chi connectivity index (χ1n) is 4.95. The molecule has 1 unspecified atom stereocenters. The van der Waals surface area contributed by atoms with Crippen molar-refractivity contribution in [2.24, 2.45) is 0 Å². The van der Waals surface area contributed by atoms with Gasteiger partial charge in [0.05, 0.1) is 6.10 Å². The molecule has 5 nitrogen and oxygen atoms in total. The molecule has 0 aliphatic carbocycles. The summed E-state index contributed by atoms with van der Waals surface area (Å²) in [6.45, 7) is 1.66. The number of hydrogen-bond donors (Lipinski definition) is 2. The summed E-state index contributed by atoms with van der Waals surface area (Å²) >= 11 is 0. The van der Waals surface area contributed by atoms with Crippen LogP contribution in [0.1, 0.15) is 12.7 Å². The number of aliphatic hydroxyl groups excluding tert-OH is 1. The Hall–Kier alpha value is -1.88. The van der Waals surface area contributed by atoms with Gasteiger partial charge in [-0.15, -0.1) is 0 Å². The first-order valence-corrected chi connectivity index (χ1v) is 4.95. The summed E-state index contributed by atoms with van der Waals surface area (Å²) in [7, 11) is 0. The number of rotatable bonds is 3. The van der Waals surface area contributed by atoms with E-state index in [1.807, 2.05) is 0 Å². The molecule has 2 aromatic rings. The fourth-order valence-electron chi connectivity index (χ4n) is 1.36. The average molecular weight is 220 g/mol. The third-order valence-electron chi connectivity index (χ3n) is 2.04. The first-order chi connectivity index (χ1) is 7.65. The fraction of sp³-hybridized carbons (Fsp3) is 0.273. The van der Waals surface area contributed by atoms with E-state index in [9.17, 15) is 5.11 Å². The molecule has 1 aromatic carbocycles. The maximum Gasteiger partial charge on any atom is 0.258 e. The summed E-state index contributed by atoms with van der Waals surface area (Å²) in [5.74, 6) is 0.938. The fourth-order valence-corrected chi connectivity index (χ4v) is 1.36. The van der Waals surface area contributed by atoms with E-state index < -0.39 is 6.10 Å². The summed E-state index contributed by atoms with van der Waals surface area (Å²) in [5.41, 5.74) is 0.657. The van der Waals surface area contributed by atoms with E-state index in [-0.39, 0.29) is 5.75 Å². The molecule has 0 aliphatic rings. The van der Waals surface area contributed by atoms with Crippen LogP contribution in [-0.2, 0) is 6.42 Å². The Morgan fingerprint density at radius 1 is 1.44 bits per heavy atom. The second-order valence-electron chi connectivity index (χ2n) is 3.62. The van der Waals surface area contributed by atoms with Crippen molar-refractivity contribution in [1.82, 2.24) is 10.1 Å². The lowest BCUT2D eigenvalue weighted by Gasteiger charge is -1.96. The second kappa shape index (κ2) is 4.32. The molecule has 2 N–H and O–H groups in total. The Labute approximate surface area is 92.4 Å². The quantitative estimate of drug-likeness (QED) is 0.816. The minimum absolute atomic E-state index is 0.146. The highest BCUT2D eigenvalue weighted by Crippen LogP contribution is 2.21. The zero-order valence-corrected chi connectivity index (χ0v) is 8.79. The van der Waals surface area contributed by atoms with Gasteiger partial charge < -0.3 is 14.7 Å². The highest BCUT2D eigenvalue weighted by Gasteiger charge is 2.10. The zero-order valence-electron chi connectivity index (χ0n) is 8.79. The highest BCUT2D eigenvalue weighted by molar-refractivity contribution is 5.55. The average Bonchev–Trinajstić information content (AvgIpc) is 2.65. The van der Waals surface area contributed by atoms with Crippen LogP contribution in [0.2, 0.25) is 0 Å². The number of nitrogens with zero attached hydrogens (tertiary/aromatic N) is 2. The van der Waals surface area contributed by atoms with Gasteiger partial charge in [0.25, 0.3) is 5.89 Å². The molecule has 1 aromatic heterocycles. The number of hydrogen-bond acceptors (Lipinski definition) is 5. The van der Waals surface area contributed by atoms with E-state index in [1.54, 1.807) is 31.2 Å². The van der Waals surface area contributed by atoms with Crippen molar-refractivity contribution in [2.45, 2.75) is 19.4 Å². The Morgan fingerprint density at radius 3 is 2.94 bits per heavy atom. The monoisotopic (exact) mass is 220 g/mol. The van der Waals surface area contributed by atoms with Crippen molar-refractivity contribution in [2.75, 3.05) is 0 Å². The Bertz CT molecular complexity index is 480. The summed E-state index contributed by atoms with van der Waals surface area (Å²) in [4.78, 5) is 4.11. The van der Waals surface area contributed by atoms with Crippen molar-refractivity contribution in [3.63, 3.8) is 0 Å². The van der Waals surface area contributed by atoms with Gasteiger partial charge in [0.1, 0.15) is 5.75 Å². The first kappa shape index (κ1) is 10.6. The highest BCUT2D eigenvalue weighted by atomic mass is 16.5. The molecule has 0 bridgehead atoms. The van der Waals surface area contributed by atoms with Crippen molar-refractivity contribution < 1.29 is 14.7 Å². The van der Waals surface area contributed by atoms with E-state index in [0.29, 0.717) is 23.7 Å². The molecule has 1 atom stereocenters. The van der Waals surface area contributed by atoms with Crippen molar-refractivity contribution in [1.29, 1.82) is 0 Å². The molecule has 1 heterocycles. The summed E-state index contributed by atoms with van der Waals surface area (Å²) < 4.78 is 5.02. The minimum Gasteiger partial charge on any atom is -0.508 e. The second-order valence-corrected chi connectivity index (χ2v) is 3.62. The normalized spacial score (nSPS) is 12.6. The van der Waals surface area contributed by atoms with Gasteiger partial charge in [0, 0.05) is 12.0 Å². The van der Waals surface area contributed by atoms with E-state index in [1.165, 1.54) is 0 Å². The lowest BCUT2D eigenvalue weighted by Crippen LogP contribution is -2.05. The SMILES string of the molecule is CC(O)Cc1noc(-c2cccc(O)c2)n1. The Balaban J connectivity index is 2.24. The molecule has 0 fully saturated rings. The summed E-state index contributed by atoms with van der Waals surface area (Å²) in [6, 6.07) is 6.57. The van der Waals surface area contributed by atoms with E-state index in [0.717, 1.165) is 0 Å². The largest absolute Gasteiger partial charge is 0.508 e. The van der Waals surface area contributed by atoms with Crippen LogP contribution >= 0.6 is 0 Å². The number of benzene rings is 1. The van der Waals surface area contributed by atoms with Crippen LogP contribution in [0.25, 0.3) is 11.5 Å². The Morgan fingerprint density at radius 2 is 2.25 bits per heavy atom. The molecule has 0 radical (unpaired) electrons. The van der Waals surface area contributed by atoms with Crippen LogP contribution in [0.15, 0.2) is 28.8 Å². The van der Waals surface area contributed by atoms with Gasteiger partial charge in [-0.25, -0.2) is 0 Å². The minimum atomic E-state index is -0.505. The lowest BCUT2D eigenvalue weighted by atomic mass is 10.2. The zero-order chi connectivity index (χ0) is 11.5. The molecule has 0 aliphatic heterocycles. The predicted molar refractivity (Wildman–Crippen MR) is 56.8 cm³/mol. The van der Waals surface area contributed by atoms with Crippen LogP contribution in [0.3, 0.4) is 0 Å². The molecule has 5 heteroatoms. The van der Waals surface area contributed by atoms with Crippen LogP contribution < -0.4 is 0 Å². The molecule has 0 spiro atoms. The van der Waals surface area contributed by atoms with E-state index in [2.05, 4.69) is 10.1 Å². The number of aliphatic hydroxyl groups is 1. The van der Waals surface area contributed by atoms with Gasteiger partial charge >= 0.3 is 0 Å². The maximum atomic E-state index is 9.30. The Kier molecular flexibility index (Phi) is 2.87. The standard InChI is InChI=1S/C11H12N2O3/c1-7(14)5-10-12-11(16-13-10)8-3-2-4-9(15)6-8/h2-4,6-7,14-15H,5H2,1H3. The van der Waals surface area contributed by atoms with Gasteiger partial charge in [-0.05, 0) is 25.1 Å². The number of aromatic hydroxyl groups is 1. The third kappa shape index (κ3) is 2.38. The molecule has 0 amide bonds.